The van der Waals surface area contributed by atoms with Gasteiger partial charge in [-0.05, 0) is 32.1 Å². The first-order valence-corrected chi connectivity index (χ1v) is 11.2. The molecule has 2 N–H and O–H groups in total. The highest BCUT2D eigenvalue weighted by Gasteiger charge is 2.18. The molecule has 0 radical (unpaired) electrons. The minimum atomic E-state index is -0.658. The number of hydrogen-bond donors (Lipinski definition) is 1. The number of carbonyl (C=O) groups excluding carboxylic acids is 2. The van der Waals surface area contributed by atoms with Crippen LogP contribution in [0.25, 0.3) is 0 Å². The summed E-state index contributed by atoms with van der Waals surface area (Å²) >= 11 is 0. The van der Waals surface area contributed by atoms with E-state index in [0.717, 1.165) is 25.7 Å². The van der Waals surface area contributed by atoms with Gasteiger partial charge in [-0.15, -0.1) is 0 Å². The number of aryl methyl sites for hydroxylation is 1. The van der Waals surface area contributed by atoms with Crippen LogP contribution in [0.2, 0.25) is 0 Å². The number of imidazole rings is 1. The maximum Gasteiger partial charge on any atom is 0.312 e. The van der Waals surface area contributed by atoms with Gasteiger partial charge in [-0.3, -0.25) is 9.59 Å². The molecule has 0 aliphatic rings. The number of amides is 1. The number of ether oxygens (including phenoxy) is 1. The van der Waals surface area contributed by atoms with Crippen LogP contribution in [0.3, 0.4) is 0 Å². The van der Waals surface area contributed by atoms with E-state index in [-0.39, 0.29) is 17.5 Å². The average Bonchev–Trinajstić information content (AvgIpc) is 3.05. The summed E-state index contributed by atoms with van der Waals surface area (Å²) < 4.78 is 6.62. The lowest BCUT2D eigenvalue weighted by Gasteiger charge is -2.04. The van der Waals surface area contributed by atoms with E-state index < -0.39 is 5.91 Å². The van der Waals surface area contributed by atoms with E-state index in [4.69, 9.17) is 10.5 Å². The zero-order valence-electron chi connectivity index (χ0n) is 18.3. The largest absolute Gasteiger partial charge is 0.405 e. The van der Waals surface area contributed by atoms with Gasteiger partial charge in [0.25, 0.3) is 11.8 Å². The third-order valence-corrected chi connectivity index (χ3v) is 4.99. The first-order valence-electron chi connectivity index (χ1n) is 11.2. The molecule has 1 aromatic heterocycles. The van der Waals surface area contributed by atoms with Gasteiger partial charge >= 0.3 is 5.97 Å². The molecular weight excluding hydrogens is 366 g/mol. The average molecular weight is 406 g/mol. The molecule has 0 aromatic carbocycles. The molecule has 0 spiro atoms. The molecular formula is C23H39N3O3. The maximum absolute atomic E-state index is 11.9. The topological polar surface area (TPSA) is 87.2 Å². The van der Waals surface area contributed by atoms with Gasteiger partial charge in [0.15, 0.2) is 5.69 Å². The van der Waals surface area contributed by atoms with Crippen LogP contribution < -0.4 is 10.5 Å². The number of hydrogen-bond acceptors (Lipinski definition) is 4. The van der Waals surface area contributed by atoms with Crippen LogP contribution in [-0.4, -0.2) is 21.4 Å². The molecule has 0 bridgehead atoms. The Balaban J connectivity index is 1.97. The molecule has 0 atom stereocenters. The second-order valence-corrected chi connectivity index (χ2v) is 7.68. The Morgan fingerprint density at radius 1 is 0.966 bits per heavy atom. The maximum atomic E-state index is 11.9. The van der Waals surface area contributed by atoms with Crippen molar-refractivity contribution in [2.24, 2.45) is 12.8 Å². The van der Waals surface area contributed by atoms with Crippen molar-refractivity contribution in [2.45, 2.75) is 96.8 Å². The summed E-state index contributed by atoms with van der Waals surface area (Å²) in [6.07, 6.45) is 22.1. The van der Waals surface area contributed by atoms with E-state index in [9.17, 15) is 9.59 Å². The molecule has 0 saturated carbocycles. The minimum Gasteiger partial charge on any atom is -0.405 e. The van der Waals surface area contributed by atoms with Gasteiger partial charge < -0.3 is 15.0 Å². The van der Waals surface area contributed by atoms with E-state index in [1.165, 1.54) is 68.7 Å². The van der Waals surface area contributed by atoms with Gasteiger partial charge in [-0.1, -0.05) is 70.4 Å². The Kier molecular flexibility index (Phi) is 13.6. The molecule has 6 nitrogen and oxygen atoms in total. The van der Waals surface area contributed by atoms with Gasteiger partial charge in [-0.2, -0.15) is 0 Å². The van der Waals surface area contributed by atoms with E-state index in [1.54, 1.807) is 7.05 Å². The van der Waals surface area contributed by atoms with Crippen molar-refractivity contribution in [2.75, 3.05) is 0 Å². The Bertz CT molecular complexity index is 623. The fourth-order valence-corrected chi connectivity index (χ4v) is 3.26. The summed E-state index contributed by atoms with van der Waals surface area (Å²) in [5.74, 6) is -1.03. The van der Waals surface area contributed by atoms with Crippen molar-refractivity contribution in [3.8, 4) is 5.88 Å². The lowest BCUT2D eigenvalue weighted by molar-refractivity contribution is -0.134. The highest BCUT2D eigenvalue weighted by molar-refractivity contribution is 5.94. The van der Waals surface area contributed by atoms with Crippen LogP contribution in [0.15, 0.2) is 18.5 Å². The normalized spacial score (nSPS) is 11.2. The first kappa shape index (κ1) is 24.9. The van der Waals surface area contributed by atoms with Gasteiger partial charge in [-0.25, -0.2) is 4.98 Å². The van der Waals surface area contributed by atoms with Crippen LogP contribution in [0.1, 0.15) is 107 Å². The van der Waals surface area contributed by atoms with Crippen LogP contribution in [0.4, 0.5) is 0 Å². The number of unbranched alkanes of at least 4 members (excludes halogenated alkanes) is 11. The van der Waals surface area contributed by atoms with Crippen LogP contribution in [-0.2, 0) is 11.8 Å². The highest BCUT2D eigenvalue weighted by atomic mass is 16.5. The molecule has 0 aliphatic carbocycles. The smallest absolute Gasteiger partial charge is 0.312 e. The number of allylic oxidation sites excluding steroid dienone is 2. The Morgan fingerprint density at radius 2 is 1.52 bits per heavy atom. The number of nitrogens with zero attached hydrogens (tertiary/aromatic N) is 2. The van der Waals surface area contributed by atoms with Crippen molar-refractivity contribution >= 4 is 11.9 Å². The van der Waals surface area contributed by atoms with Crippen LogP contribution >= 0.6 is 0 Å². The lowest BCUT2D eigenvalue weighted by Crippen LogP contribution is -2.18. The highest BCUT2D eigenvalue weighted by Crippen LogP contribution is 2.16. The Labute approximate surface area is 175 Å². The second-order valence-electron chi connectivity index (χ2n) is 7.68. The summed E-state index contributed by atoms with van der Waals surface area (Å²) in [7, 11) is 1.63. The molecule has 1 rings (SSSR count). The molecule has 0 unspecified atom stereocenters. The minimum absolute atomic E-state index is 0.00209. The van der Waals surface area contributed by atoms with E-state index >= 15 is 0 Å². The summed E-state index contributed by atoms with van der Waals surface area (Å²) in [5.41, 5.74) is 5.39. The third kappa shape index (κ3) is 11.5. The fourth-order valence-electron chi connectivity index (χ4n) is 3.26. The molecule has 0 saturated heterocycles. The number of rotatable bonds is 17. The molecule has 0 aliphatic heterocycles. The Hall–Kier alpha value is -2.11. The second kappa shape index (κ2) is 15.8. The number of carbonyl (C=O) groups is 2. The molecule has 164 valence electrons. The van der Waals surface area contributed by atoms with Gasteiger partial charge in [0.1, 0.15) is 0 Å². The quantitative estimate of drug-likeness (QED) is 0.212. The predicted molar refractivity (Wildman–Crippen MR) is 117 cm³/mol. The number of nitrogens with two attached hydrogens (primary N) is 1. The number of esters is 1. The molecule has 6 heteroatoms. The van der Waals surface area contributed by atoms with E-state index in [2.05, 4.69) is 24.1 Å². The molecule has 1 amide bonds. The summed E-state index contributed by atoms with van der Waals surface area (Å²) in [6, 6.07) is 0. The van der Waals surface area contributed by atoms with E-state index in [0.29, 0.717) is 6.42 Å². The molecule has 0 fully saturated rings. The number of primary amides is 1. The SMILES string of the molecule is CCCCCCCC/C=C\CCCCCCCC(=O)Oc1ncn(C)c1C(N)=O. The van der Waals surface area contributed by atoms with Crippen molar-refractivity contribution in [3.63, 3.8) is 0 Å². The predicted octanol–water partition coefficient (Wildman–Crippen LogP) is 5.46. The van der Waals surface area contributed by atoms with Crippen molar-refractivity contribution in [3.05, 3.63) is 24.2 Å². The monoisotopic (exact) mass is 405 g/mol. The number of aromatic nitrogens is 2. The first-order chi connectivity index (χ1) is 14.1. The summed E-state index contributed by atoms with van der Waals surface area (Å²) in [6.45, 7) is 2.25. The van der Waals surface area contributed by atoms with Gasteiger partial charge in [0.2, 0.25) is 0 Å². The van der Waals surface area contributed by atoms with Crippen molar-refractivity contribution in [1.29, 1.82) is 0 Å². The van der Waals surface area contributed by atoms with Crippen molar-refractivity contribution < 1.29 is 14.3 Å². The fraction of sp³-hybridized carbons (Fsp3) is 0.696. The lowest BCUT2D eigenvalue weighted by atomic mass is 10.1. The van der Waals surface area contributed by atoms with Crippen LogP contribution in [0, 0.1) is 0 Å². The van der Waals surface area contributed by atoms with Crippen LogP contribution in [0.5, 0.6) is 5.88 Å². The molecule has 1 heterocycles. The van der Waals surface area contributed by atoms with E-state index in [1.807, 2.05) is 0 Å². The third-order valence-electron chi connectivity index (χ3n) is 4.99. The Morgan fingerprint density at radius 3 is 2.10 bits per heavy atom. The van der Waals surface area contributed by atoms with Gasteiger partial charge in [0, 0.05) is 13.5 Å². The molecule has 1 aromatic rings. The zero-order valence-corrected chi connectivity index (χ0v) is 18.3. The molecule has 29 heavy (non-hydrogen) atoms. The zero-order chi connectivity index (χ0) is 21.3. The summed E-state index contributed by atoms with van der Waals surface area (Å²) in [5, 5.41) is 0. The van der Waals surface area contributed by atoms with Crippen molar-refractivity contribution in [1.82, 2.24) is 9.55 Å². The van der Waals surface area contributed by atoms with Gasteiger partial charge in [0.05, 0.1) is 6.33 Å². The summed E-state index contributed by atoms with van der Waals surface area (Å²) in [4.78, 5) is 27.2. The standard InChI is InChI=1S/C23H39N3O3/c1-3-4-5-6-7-8-9-10-11-12-13-14-15-16-17-18-20(27)29-23-21(22(24)28)26(2)19-25-23/h10-11,19H,3-9,12-18H2,1-2H3,(H2,24,28)/b11-10-.